The normalized spacial score (nSPS) is 16.5. The van der Waals surface area contributed by atoms with Gasteiger partial charge < -0.3 is 10.6 Å². The van der Waals surface area contributed by atoms with Gasteiger partial charge in [-0.25, -0.2) is 15.0 Å². The van der Waals surface area contributed by atoms with Crippen molar-refractivity contribution in [2.75, 3.05) is 13.1 Å². The van der Waals surface area contributed by atoms with Gasteiger partial charge in [-0.2, -0.15) is 0 Å². The summed E-state index contributed by atoms with van der Waals surface area (Å²) in [4.78, 5) is 23.9. The quantitative estimate of drug-likeness (QED) is 0.718. The second-order valence-corrected chi connectivity index (χ2v) is 4.02. The zero-order valence-electron chi connectivity index (χ0n) is 9.90. The molecule has 0 aliphatic carbocycles. The van der Waals surface area contributed by atoms with Crippen LogP contribution in [0.25, 0.3) is 0 Å². The summed E-state index contributed by atoms with van der Waals surface area (Å²) in [7, 11) is 0. The number of carbonyl (C=O) groups excluding carboxylic acids is 1. The predicted molar refractivity (Wildman–Crippen MR) is 64.3 cm³/mol. The molecule has 0 spiro atoms. The van der Waals surface area contributed by atoms with Gasteiger partial charge in [0.1, 0.15) is 17.7 Å². The van der Waals surface area contributed by atoms with Gasteiger partial charge in [0.25, 0.3) is 5.91 Å². The standard InChI is InChI=1S/C11H15N5O/c1-7-10(5-13-6-14-7)15-8(2)11(17)16-9-3-12-4-9/h5-6,9,12H,3-4H2,1-2H3,(H,16,17). The van der Waals surface area contributed by atoms with Crippen LogP contribution in [0.2, 0.25) is 0 Å². The largest absolute Gasteiger partial charge is 0.346 e. The predicted octanol–water partition coefficient (Wildman–Crippen LogP) is -0.0346. The highest BCUT2D eigenvalue weighted by Crippen LogP contribution is 2.13. The molecule has 6 heteroatoms. The van der Waals surface area contributed by atoms with Crippen LogP contribution in [-0.2, 0) is 4.79 Å². The van der Waals surface area contributed by atoms with Gasteiger partial charge in [0.05, 0.1) is 17.9 Å². The number of rotatable bonds is 3. The number of nitrogens with zero attached hydrogens (tertiary/aromatic N) is 3. The highest BCUT2D eigenvalue weighted by Gasteiger charge is 2.19. The molecule has 1 amide bonds. The Kier molecular flexibility index (Phi) is 3.43. The van der Waals surface area contributed by atoms with E-state index in [1.54, 1.807) is 13.1 Å². The molecule has 0 unspecified atom stereocenters. The van der Waals surface area contributed by atoms with Crippen molar-refractivity contribution < 1.29 is 4.79 Å². The van der Waals surface area contributed by atoms with E-state index in [-0.39, 0.29) is 11.9 Å². The molecular formula is C11H15N5O. The van der Waals surface area contributed by atoms with Crippen molar-refractivity contribution in [1.29, 1.82) is 0 Å². The summed E-state index contributed by atoms with van der Waals surface area (Å²) in [6.07, 6.45) is 3.06. The van der Waals surface area contributed by atoms with Crippen LogP contribution in [-0.4, -0.2) is 40.7 Å². The minimum Gasteiger partial charge on any atom is -0.346 e. The van der Waals surface area contributed by atoms with Crippen molar-refractivity contribution in [2.24, 2.45) is 4.99 Å². The minimum atomic E-state index is -0.139. The van der Waals surface area contributed by atoms with Crippen LogP contribution >= 0.6 is 0 Å². The number of carbonyl (C=O) groups is 1. The fourth-order valence-electron chi connectivity index (χ4n) is 1.41. The lowest BCUT2D eigenvalue weighted by atomic mass is 10.2. The number of hydrogen-bond donors (Lipinski definition) is 2. The van der Waals surface area contributed by atoms with Crippen molar-refractivity contribution in [3.63, 3.8) is 0 Å². The number of amides is 1. The highest BCUT2D eigenvalue weighted by atomic mass is 16.2. The maximum atomic E-state index is 11.8. The van der Waals surface area contributed by atoms with Crippen LogP contribution in [0, 0.1) is 6.92 Å². The van der Waals surface area contributed by atoms with Gasteiger partial charge in [0, 0.05) is 13.1 Å². The Balaban J connectivity index is 2.05. The Morgan fingerprint density at radius 3 is 2.94 bits per heavy atom. The Morgan fingerprint density at radius 2 is 2.35 bits per heavy atom. The number of hydrogen-bond acceptors (Lipinski definition) is 5. The van der Waals surface area contributed by atoms with Crippen molar-refractivity contribution in [2.45, 2.75) is 19.9 Å². The Bertz CT molecular complexity index is 453. The second kappa shape index (κ2) is 5.01. The molecule has 1 aromatic heterocycles. The minimum absolute atomic E-state index is 0.139. The van der Waals surface area contributed by atoms with Gasteiger partial charge in [-0.3, -0.25) is 4.79 Å². The first-order chi connectivity index (χ1) is 8.16. The first-order valence-corrected chi connectivity index (χ1v) is 5.50. The summed E-state index contributed by atoms with van der Waals surface area (Å²) in [5.41, 5.74) is 1.82. The smallest absolute Gasteiger partial charge is 0.265 e. The lowest BCUT2D eigenvalue weighted by Crippen LogP contribution is -2.57. The maximum absolute atomic E-state index is 11.8. The third-order valence-corrected chi connectivity index (χ3v) is 2.62. The molecule has 0 saturated carbocycles. The highest BCUT2D eigenvalue weighted by molar-refractivity contribution is 6.38. The van der Waals surface area contributed by atoms with Crippen LogP contribution in [0.5, 0.6) is 0 Å². The number of nitrogens with one attached hydrogen (secondary N) is 2. The van der Waals surface area contributed by atoms with E-state index >= 15 is 0 Å². The van der Waals surface area contributed by atoms with Gasteiger partial charge in [-0.1, -0.05) is 0 Å². The fraction of sp³-hybridized carbons (Fsp3) is 0.455. The zero-order chi connectivity index (χ0) is 12.3. The summed E-state index contributed by atoms with van der Waals surface area (Å²) in [6, 6.07) is 0.223. The molecule has 0 bridgehead atoms. The molecule has 90 valence electrons. The molecular weight excluding hydrogens is 218 g/mol. The second-order valence-electron chi connectivity index (χ2n) is 4.02. The van der Waals surface area contributed by atoms with Crippen LogP contribution in [0.3, 0.4) is 0 Å². The zero-order valence-corrected chi connectivity index (χ0v) is 9.90. The maximum Gasteiger partial charge on any atom is 0.265 e. The summed E-state index contributed by atoms with van der Waals surface area (Å²) in [6.45, 7) is 5.18. The van der Waals surface area contributed by atoms with Gasteiger partial charge in [-0.15, -0.1) is 0 Å². The third-order valence-electron chi connectivity index (χ3n) is 2.62. The molecule has 1 aliphatic rings. The molecule has 6 nitrogen and oxygen atoms in total. The van der Waals surface area contributed by atoms with E-state index < -0.39 is 0 Å². The van der Waals surface area contributed by atoms with E-state index in [9.17, 15) is 4.79 Å². The topological polar surface area (TPSA) is 79.3 Å². The first kappa shape index (κ1) is 11.7. The van der Waals surface area contributed by atoms with E-state index in [4.69, 9.17) is 0 Å². The van der Waals surface area contributed by atoms with Gasteiger partial charge in [-0.05, 0) is 13.8 Å². The number of aliphatic imine (C=N–C) groups is 1. The molecule has 1 aromatic rings. The SMILES string of the molecule is CC(=Nc1cncnc1C)C(=O)NC1CNC1. The van der Waals surface area contributed by atoms with Gasteiger partial charge in [0.2, 0.25) is 0 Å². The van der Waals surface area contributed by atoms with E-state index in [0.29, 0.717) is 11.4 Å². The third kappa shape index (κ3) is 2.85. The van der Waals surface area contributed by atoms with E-state index in [2.05, 4.69) is 25.6 Å². The fourth-order valence-corrected chi connectivity index (χ4v) is 1.41. The molecule has 0 aromatic carbocycles. The van der Waals surface area contributed by atoms with E-state index in [0.717, 1.165) is 18.8 Å². The molecule has 1 saturated heterocycles. The molecule has 17 heavy (non-hydrogen) atoms. The summed E-state index contributed by atoms with van der Waals surface area (Å²) in [5.74, 6) is -0.139. The summed E-state index contributed by atoms with van der Waals surface area (Å²) >= 11 is 0. The van der Waals surface area contributed by atoms with Crippen LogP contribution in [0.4, 0.5) is 5.69 Å². The lowest BCUT2D eigenvalue weighted by Gasteiger charge is -2.27. The molecule has 1 fully saturated rings. The summed E-state index contributed by atoms with van der Waals surface area (Å²) in [5, 5.41) is 5.97. The number of aromatic nitrogens is 2. The average molecular weight is 233 g/mol. The first-order valence-electron chi connectivity index (χ1n) is 5.50. The Morgan fingerprint density at radius 1 is 1.59 bits per heavy atom. The van der Waals surface area contributed by atoms with E-state index in [1.807, 2.05) is 6.92 Å². The van der Waals surface area contributed by atoms with Crippen LogP contribution in [0.15, 0.2) is 17.5 Å². The van der Waals surface area contributed by atoms with Crippen molar-refractivity contribution in [3.05, 3.63) is 18.2 Å². The van der Waals surface area contributed by atoms with Crippen LogP contribution in [0.1, 0.15) is 12.6 Å². The molecule has 1 aliphatic heterocycles. The molecule has 0 atom stereocenters. The molecule has 0 radical (unpaired) electrons. The van der Waals surface area contributed by atoms with Crippen LogP contribution < -0.4 is 10.6 Å². The van der Waals surface area contributed by atoms with Gasteiger partial charge >= 0.3 is 0 Å². The Labute approximate surface area is 99.6 Å². The van der Waals surface area contributed by atoms with Crippen molar-refractivity contribution in [1.82, 2.24) is 20.6 Å². The monoisotopic (exact) mass is 233 g/mol. The molecule has 2 N–H and O–H groups in total. The Hall–Kier alpha value is -1.82. The van der Waals surface area contributed by atoms with E-state index in [1.165, 1.54) is 6.33 Å². The van der Waals surface area contributed by atoms with Crippen molar-refractivity contribution in [3.8, 4) is 0 Å². The van der Waals surface area contributed by atoms with Crippen molar-refractivity contribution >= 4 is 17.3 Å². The lowest BCUT2D eigenvalue weighted by molar-refractivity contribution is -0.115. The average Bonchev–Trinajstić information content (AvgIpc) is 2.26. The summed E-state index contributed by atoms with van der Waals surface area (Å²) < 4.78 is 0. The molecule has 2 rings (SSSR count). The molecule has 2 heterocycles. The number of aryl methyl sites for hydroxylation is 1. The van der Waals surface area contributed by atoms with Gasteiger partial charge in [0.15, 0.2) is 0 Å².